The van der Waals surface area contributed by atoms with Crippen LogP contribution >= 0.6 is 0 Å². The van der Waals surface area contributed by atoms with Crippen molar-refractivity contribution >= 4 is 23.7 Å². The van der Waals surface area contributed by atoms with E-state index in [0.29, 0.717) is 12.2 Å². The van der Waals surface area contributed by atoms with Crippen molar-refractivity contribution in [2.45, 2.75) is 31.7 Å². The zero-order valence-electron chi connectivity index (χ0n) is 15.0. The molecule has 1 spiro atoms. The molecule has 1 aliphatic carbocycles. The number of amides is 4. The number of imide groups is 1. The van der Waals surface area contributed by atoms with Crippen LogP contribution in [0.25, 0.3) is 0 Å². The summed E-state index contributed by atoms with van der Waals surface area (Å²) in [6.45, 7) is 1.55. The number of nitrogens with zero attached hydrogens (tertiary/aromatic N) is 2. The van der Waals surface area contributed by atoms with E-state index in [0.717, 1.165) is 34.4 Å². The van der Waals surface area contributed by atoms with Crippen LogP contribution in [0.2, 0.25) is 0 Å². The first-order valence-electron chi connectivity index (χ1n) is 8.94. The summed E-state index contributed by atoms with van der Waals surface area (Å²) in [7, 11) is 0. The summed E-state index contributed by atoms with van der Waals surface area (Å²) in [5.74, 6) is -0.446. The molecule has 0 radical (unpaired) electrons. The number of carbonyl (C=O) groups is 3. The smallest absolute Gasteiger partial charge is 0.319 e. The van der Waals surface area contributed by atoms with E-state index in [-0.39, 0.29) is 12.5 Å². The molecule has 2 heterocycles. The fourth-order valence-electron chi connectivity index (χ4n) is 3.82. The molecular weight excluding hydrogens is 344 g/mol. The molecule has 0 saturated carbocycles. The third kappa shape index (κ3) is 2.95. The van der Waals surface area contributed by atoms with Gasteiger partial charge in [0.2, 0.25) is 5.91 Å². The van der Waals surface area contributed by atoms with E-state index >= 15 is 0 Å². The van der Waals surface area contributed by atoms with Crippen LogP contribution in [0.15, 0.2) is 42.6 Å². The molecule has 4 amide bonds. The molecule has 1 saturated heterocycles. The largest absolute Gasteiger partial charge is 0.325 e. The second-order valence-corrected chi connectivity index (χ2v) is 7.01. The van der Waals surface area contributed by atoms with Crippen molar-refractivity contribution < 1.29 is 14.4 Å². The number of hydrogen-bond acceptors (Lipinski definition) is 4. The second kappa shape index (κ2) is 6.50. The van der Waals surface area contributed by atoms with Crippen molar-refractivity contribution in [3.05, 3.63) is 59.3 Å². The number of rotatable bonds is 3. The van der Waals surface area contributed by atoms with Crippen molar-refractivity contribution in [1.29, 1.82) is 0 Å². The SMILES string of the molecule is Cc1ccc(NC(=O)CN2C(=O)N[C@]3(CCCc4ccccc43)C2=O)nc1. The van der Waals surface area contributed by atoms with Crippen molar-refractivity contribution in [3.8, 4) is 0 Å². The van der Waals surface area contributed by atoms with Crippen LogP contribution < -0.4 is 10.6 Å². The number of fused-ring (bicyclic) bond motifs is 2. The van der Waals surface area contributed by atoms with Crippen LogP contribution in [0.5, 0.6) is 0 Å². The molecule has 2 aromatic rings. The van der Waals surface area contributed by atoms with E-state index in [2.05, 4.69) is 15.6 Å². The molecule has 1 aliphatic heterocycles. The van der Waals surface area contributed by atoms with E-state index in [1.807, 2.05) is 37.3 Å². The summed E-state index contributed by atoms with van der Waals surface area (Å²) in [5.41, 5.74) is 1.80. The van der Waals surface area contributed by atoms with E-state index in [4.69, 9.17) is 0 Å². The van der Waals surface area contributed by atoms with Crippen molar-refractivity contribution in [2.75, 3.05) is 11.9 Å². The lowest BCUT2D eigenvalue weighted by atomic mass is 9.76. The molecule has 7 nitrogen and oxygen atoms in total. The molecular formula is C20H20N4O3. The Hall–Kier alpha value is -3.22. The lowest BCUT2D eigenvalue weighted by Gasteiger charge is -2.33. The minimum Gasteiger partial charge on any atom is -0.319 e. The summed E-state index contributed by atoms with van der Waals surface area (Å²) in [6.07, 6.45) is 3.85. The van der Waals surface area contributed by atoms with Gasteiger partial charge in [0.05, 0.1) is 0 Å². The van der Waals surface area contributed by atoms with Gasteiger partial charge in [-0.1, -0.05) is 30.3 Å². The number of benzene rings is 1. The fourth-order valence-corrected chi connectivity index (χ4v) is 3.82. The van der Waals surface area contributed by atoms with Gasteiger partial charge in [0.1, 0.15) is 17.9 Å². The zero-order chi connectivity index (χ0) is 19.0. The summed E-state index contributed by atoms with van der Waals surface area (Å²) in [4.78, 5) is 43.1. The minimum atomic E-state index is -1.06. The normalized spacial score (nSPS) is 21.1. The topological polar surface area (TPSA) is 91.4 Å². The number of carbonyl (C=O) groups excluding carboxylic acids is 3. The van der Waals surface area contributed by atoms with Gasteiger partial charge in [-0.25, -0.2) is 9.78 Å². The molecule has 27 heavy (non-hydrogen) atoms. The number of aromatic nitrogens is 1. The zero-order valence-corrected chi connectivity index (χ0v) is 15.0. The molecule has 0 bridgehead atoms. The number of urea groups is 1. The maximum atomic E-state index is 13.1. The van der Waals surface area contributed by atoms with Crippen molar-refractivity contribution in [2.24, 2.45) is 0 Å². The van der Waals surface area contributed by atoms with Crippen molar-refractivity contribution in [3.63, 3.8) is 0 Å². The third-order valence-corrected chi connectivity index (χ3v) is 5.13. The molecule has 1 aromatic carbocycles. The summed E-state index contributed by atoms with van der Waals surface area (Å²) in [6, 6.07) is 10.6. The summed E-state index contributed by atoms with van der Waals surface area (Å²) < 4.78 is 0. The molecule has 4 rings (SSSR count). The average Bonchev–Trinajstić information content (AvgIpc) is 2.89. The predicted octanol–water partition coefficient (Wildman–Crippen LogP) is 2.11. The molecule has 2 aliphatic rings. The Bertz CT molecular complexity index is 925. The molecule has 1 atom stereocenters. The van der Waals surface area contributed by atoms with E-state index < -0.39 is 17.5 Å². The number of pyridine rings is 1. The Kier molecular flexibility index (Phi) is 4.14. The third-order valence-electron chi connectivity index (χ3n) is 5.13. The second-order valence-electron chi connectivity index (χ2n) is 7.01. The van der Waals surface area contributed by atoms with Gasteiger partial charge in [0.25, 0.3) is 5.91 Å². The van der Waals surface area contributed by atoms with Crippen LogP contribution in [0, 0.1) is 6.92 Å². The molecule has 1 aromatic heterocycles. The highest BCUT2D eigenvalue weighted by molar-refractivity contribution is 6.10. The maximum absolute atomic E-state index is 13.1. The Morgan fingerprint density at radius 3 is 2.85 bits per heavy atom. The Morgan fingerprint density at radius 1 is 1.26 bits per heavy atom. The molecule has 1 fully saturated rings. The van der Waals surface area contributed by atoms with E-state index in [1.165, 1.54) is 0 Å². The summed E-state index contributed by atoms with van der Waals surface area (Å²) >= 11 is 0. The van der Waals surface area contributed by atoms with Crippen LogP contribution in [0.1, 0.15) is 29.5 Å². The van der Waals surface area contributed by atoms with Gasteiger partial charge in [-0.2, -0.15) is 0 Å². The lowest BCUT2D eigenvalue weighted by Crippen LogP contribution is -2.47. The monoisotopic (exact) mass is 364 g/mol. The van der Waals surface area contributed by atoms with Gasteiger partial charge in [-0.15, -0.1) is 0 Å². The van der Waals surface area contributed by atoms with Crippen molar-refractivity contribution in [1.82, 2.24) is 15.2 Å². The quantitative estimate of drug-likeness (QED) is 0.816. The van der Waals surface area contributed by atoms with Crippen LogP contribution in [-0.2, 0) is 21.5 Å². The standard InChI is InChI=1S/C20H20N4O3/c1-13-8-9-16(21-11-13)22-17(25)12-24-18(26)20(23-19(24)27)10-4-6-14-5-2-3-7-15(14)20/h2-3,5,7-9,11H,4,6,10,12H2,1H3,(H,23,27)(H,21,22,25)/t20-/m0/s1. The first-order chi connectivity index (χ1) is 13.0. The van der Waals surface area contributed by atoms with Gasteiger partial charge in [0.15, 0.2) is 0 Å². The Morgan fingerprint density at radius 2 is 2.07 bits per heavy atom. The van der Waals surface area contributed by atoms with Gasteiger partial charge in [-0.05, 0) is 48.9 Å². The number of anilines is 1. The predicted molar refractivity (Wildman–Crippen MR) is 98.9 cm³/mol. The Labute approximate surface area is 156 Å². The highest BCUT2D eigenvalue weighted by Crippen LogP contribution is 2.39. The number of nitrogens with one attached hydrogen (secondary N) is 2. The minimum absolute atomic E-state index is 0.343. The molecule has 0 unspecified atom stereocenters. The number of aryl methyl sites for hydroxylation is 2. The van der Waals surface area contributed by atoms with Gasteiger partial charge < -0.3 is 10.6 Å². The lowest BCUT2D eigenvalue weighted by molar-refractivity contribution is -0.134. The van der Waals surface area contributed by atoms with Gasteiger partial charge in [-0.3, -0.25) is 14.5 Å². The fraction of sp³-hybridized carbons (Fsp3) is 0.300. The molecule has 2 N–H and O–H groups in total. The van der Waals surface area contributed by atoms with Crippen LogP contribution in [0.3, 0.4) is 0 Å². The van der Waals surface area contributed by atoms with E-state index in [9.17, 15) is 14.4 Å². The van der Waals surface area contributed by atoms with Gasteiger partial charge >= 0.3 is 6.03 Å². The highest BCUT2D eigenvalue weighted by atomic mass is 16.2. The molecule has 7 heteroatoms. The summed E-state index contributed by atoms with van der Waals surface area (Å²) in [5, 5.41) is 5.47. The Balaban J connectivity index is 1.54. The van der Waals surface area contributed by atoms with E-state index in [1.54, 1.807) is 12.3 Å². The van der Waals surface area contributed by atoms with Crippen LogP contribution in [0.4, 0.5) is 10.6 Å². The first-order valence-corrected chi connectivity index (χ1v) is 8.94. The first kappa shape index (κ1) is 17.2. The van der Waals surface area contributed by atoms with Crippen LogP contribution in [-0.4, -0.2) is 34.3 Å². The maximum Gasteiger partial charge on any atom is 0.325 e. The number of hydrogen-bond donors (Lipinski definition) is 2. The molecule has 138 valence electrons. The average molecular weight is 364 g/mol. The van der Waals surface area contributed by atoms with Gasteiger partial charge in [0, 0.05) is 6.20 Å². The highest BCUT2D eigenvalue weighted by Gasteiger charge is 2.54.